The SMILES string of the molecule is Br.Br.CCO.CCO.[Ti]. The van der Waals surface area contributed by atoms with E-state index in [1.54, 1.807) is 13.8 Å². The van der Waals surface area contributed by atoms with E-state index in [0.29, 0.717) is 0 Å². The Bertz CT molecular complexity index is 18.5. The van der Waals surface area contributed by atoms with Crippen molar-refractivity contribution in [1.29, 1.82) is 0 Å². The number of aliphatic hydroxyl groups excluding tert-OH is 2. The molecule has 2 nitrogen and oxygen atoms in total. The van der Waals surface area contributed by atoms with Crippen LogP contribution in [0.15, 0.2) is 0 Å². The molecule has 0 aromatic rings. The Labute approximate surface area is 92.5 Å². The van der Waals surface area contributed by atoms with Gasteiger partial charge < -0.3 is 10.2 Å². The van der Waals surface area contributed by atoms with Gasteiger partial charge in [-0.2, -0.15) is 0 Å². The van der Waals surface area contributed by atoms with E-state index in [2.05, 4.69) is 0 Å². The molecule has 0 spiro atoms. The average Bonchev–Trinajstić information content (AvgIpc) is 1.39. The zero-order chi connectivity index (χ0) is 5.41. The second-order valence-electron chi connectivity index (χ2n) is 0.632. The summed E-state index contributed by atoms with van der Waals surface area (Å²) in [5.74, 6) is 0. The van der Waals surface area contributed by atoms with Crippen LogP contribution < -0.4 is 0 Å². The van der Waals surface area contributed by atoms with Crippen molar-refractivity contribution in [3.8, 4) is 0 Å². The van der Waals surface area contributed by atoms with Gasteiger partial charge in [0, 0.05) is 34.9 Å². The summed E-state index contributed by atoms with van der Waals surface area (Å²) in [4.78, 5) is 0. The summed E-state index contributed by atoms with van der Waals surface area (Å²) in [6.07, 6.45) is 0. The largest absolute Gasteiger partial charge is 0.397 e. The fourth-order valence-electron chi connectivity index (χ4n) is 0. The van der Waals surface area contributed by atoms with Crippen molar-refractivity contribution in [3.05, 3.63) is 0 Å². The summed E-state index contributed by atoms with van der Waals surface area (Å²) in [6, 6.07) is 0. The van der Waals surface area contributed by atoms with Gasteiger partial charge in [-0.25, -0.2) is 0 Å². The van der Waals surface area contributed by atoms with Crippen molar-refractivity contribution in [2.24, 2.45) is 0 Å². The van der Waals surface area contributed by atoms with Crippen LogP contribution in [0, 0.1) is 0 Å². The molecule has 0 heterocycles. The van der Waals surface area contributed by atoms with Crippen molar-refractivity contribution in [1.82, 2.24) is 0 Å². The number of rotatable bonds is 0. The molecule has 0 aliphatic heterocycles. The molecule has 0 saturated carbocycles. The van der Waals surface area contributed by atoms with E-state index in [1.807, 2.05) is 0 Å². The van der Waals surface area contributed by atoms with Gasteiger partial charge in [-0.15, -0.1) is 34.0 Å². The Hall–Kier alpha value is 1.59. The third-order valence-electron chi connectivity index (χ3n) is 0. The summed E-state index contributed by atoms with van der Waals surface area (Å²) >= 11 is 0. The van der Waals surface area contributed by atoms with Gasteiger partial charge in [-0.05, 0) is 13.8 Å². The first-order chi connectivity index (χ1) is 2.83. The minimum absolute atomic E-state index is 0. The molecule has 0 rings (SSSR count). The Morgan fingerprint density at radius 3 is 0.889 bits per heavy atom. The van der Waals surface area contributed by atoms with Crippen molar-refractivity contribution in [2.75, 3.05) is 13.2 Å². The topological polar surface area (TPSA) is 40.5 Å². The van der Waals surface area contributed by atoms with Crippen LogP contribution in [-0.2, 0) is 21.7 Å². The summed E-state index contributed by atoms with van der Waals surface area (Å²) < 4.78 is 0. The van der Waals surface area contributed by atoms with E-state index in [0.717, 1.165) is 0 Å². The van der Waals surface area contributed by atoms with E-state index in [4.69, 9.17) is 10.2 Å². The zero-order valence-electron chi connectivity index (χ0n) is 5.63. The standard InChI is InChI=1S/2C2H6O.2BrH.Ti/c2*1-2-3;;;/h2*3H,2H2,1H3;2*1H;. The van der Waals surface area contributed by atoms with E-state index < -0.39 is 0 Å². The van der Waals surface area contributed by atoms with Gasteiger partial charge in [0.25, 0.3) is 0 Å². The summed E-state index contributed by atoms with van der Waals surface area (Å²) in [6.45, 7) is 3.86. The van der Waals surface area contributed by atoms with Crippen LogP contribution >= 0.6 is 34.0 Å². The first-order valence-electron chi connectivity index (χ1n) is 2.05. The number of hydrogen-bond acceptors (Lipinski definition) is 2. The molecular formula is C4H14Br2O2Ti. The van der Waals surface area contributed by atoms with Gasteiger partial charge in [-0.3, -0.25) is 0 Å². The quantitative estimate of drug-likeness (QED) is 0.659. The Kier molecular flexibility index (Phi) is 190. The fraction of sp³-hybridized carbons (Fsp3) is 1.00. The Morgan fingerprint density at radius 1 is 0.889 bits per heavy atom. The van der Waals surface area contributed by atoms with Crippen LogP contribution in [0.3, 0.4) is 0 Å². The zero-order valence-corrected chi connectivity index (χ0v) is 10.6. The maximum atomic E-state index is 7.57. The second kappa shape index (κ2) is 54.9. The average molecular weight is 302 g/mol. The van der Waals surface area contributed by atoms with Crippen LogP contribution in [0.4, 0.5) is 0 Å². The predicted molar refractivity (Wildman–Crippen MR) is 46.2 cm³/mol. The smallest absolute Gasteiger partial charge is 0.0402 e. The monoisotopic (exact) mass is 300 g/mol. The summed E-state index contributed by atoms with van der Waals surface area (Å²) in [7, 11) is 0. The summed E-state index contributed by atoms with van der Waals surface area (Å²) in [5, 5.41) is 15.1. The normalized spacial score (nSPS) is 4.00. The minimum atomic E-state index is 0. The van der Waals surface area contributed by atoms with E-state index in [1.165, 1.54) is 0 Å². The first kappa shape index (κ1) is 31.2. The molecule has 0 fully saturated rings. The molecule has 0 saturated heterocycles. The molecule has 0 aliphatic rings. The first-order valence-corrected chi connectivity index (χ1v) is 2.05. The van der Waals surface area contributed by atoms with E-state index in [9.17, 15) is 0 Å². The maximum Gasteiger partial charge on any atom is 0.0402 e. The second-order valence-corrected chi connectivity index (χ2v) is 0.632. The van der Waals surface area contributed by atoms with Gasteiger partial charge in [0.15, 0.2) is 0 Å². The van der Waals surface area contributed by atoms with Crippen molar-refractivity contribution in [3.63, 3.8) is 0 Å². The Morgan fingerprint density at radius 2 is 0.889 bits per heavy atom. The van der Waals surface area contributed by atoms with Crippen molar-refractivity contribution >= 4 is 34.0 Å². The molecule has 0 radical (unpaired) electrons. The molecule has 0 amide bonds. The molecule has 2 N–H and O–H groups in total. The minimum Gasteiger partial charge on any atom is -0.397 e. The molecule has 60 valence electrons. The molecule has 5 heteroatoms. The van der Waals surface area contributed by atoms with Gasteiger partial charge in [0.2, 0.25) is 0 Å². The molecular weight excluding hydrogens is 288 g/mol. The maximum absolute atomic E-state index is 7.57. The molecule has 0 bridgehead atoms. The van der Waals surface area contributed by atoms with Gasteiger partial charge >= 0.3 is 0 Å². The number of hydrogen-bond donors (Lipinski definition) is 2. The molecule has 0 aliphatic carbocycles. The molecule has 0 aromatic carbocycles. The van der Waals surface area contributed by atoms with Gasteiger partial charge in [0.1, 0.15) is 0 Å². The van der Waals surface area contributed by atoms with Crippen LogP contribution in [0.1, 0.15) is 13.8 Å². The third kappa shape index (κ3) is 218. The van der Waals surface area contributed by atoms with Crippen LogP contribution in [-0.4, -0.2) is 23.4 Å². The number of aliphatic hydroxyl groups is 2. The third-order valence-corrected chi connectivity index (χ3v) is 0. The fourth-order valence-corrected chi connectivity index (χ4v) is 0. The van der Waals surface area contributed by atoms with Crippen LogP contribution in [0.2, 0.25) is 0 Å². The van der Waals surface area contributed by atoms with Crippen LogP contribution in [0.5, 0.6) is 0 Å². The van der Waals surface area contributed by atoms with Crippen LogP contribution in [0.25, 0.3) is 0 Å². The van der Waals surface area contributed by atoms with E-state index >= 15 is 0 Å². The van der Waals surface area contributed by atoms with Crippen molar-refractivity contribution < 1.29 is 31.9 Å². The molecule has 0 unspecified atom stereocenters. The summed E-state index contributed by atoms with van der Waals surface area (Å²) in [5.41, 5.74) is 0. The number of halogens is 2. The van der Waals surface area contributed by atoms with Gasteiger partial charge in [-0.1, -0.05) is 0 Å². The van der Waals surface area contributed by atoms with E-state index in [-0.39, 0.29) is 68.9 Å². The predicted octanol–water partition coefficient (Wildman–Crippen LogP) is 1.15. The van der Waals surface area contributed by atoms with Crippen molar-refractivity contribution in [2.45, 2.75) is 13.8 Å². The molecule has 9 heavy (non-hydrogen) atoms. The van der Waals surface area contributed by atoms with Gasteiger partial charge in [0.05, 0.1) is 0 Å². The molecule has 0 atom stereocenters. The molecule has 0 aromatic heterocycles. The Balaban J connectivity index is -0.00000000889.